The van der Waals surface area contributed by atoms with Crippen molar-refractivity contribution in [3.05, 3.63) is 45.7 Å². The highest BCUT2D eigenvalue weighted by atomic mass is 16.3. The second-order valence-corrected chi connectivity index (χ2v) is 7.49. The van der Waals surface area contributed by atoms with Crippen molar-refractivity contribution in [2.24, 2.45) is 11.3 Å². The number of fused-ring (bicyclic) bond motifs is 2. The number of aliphatic hydroxyl groups excluding tert-OH is 1. The van der Waals surface area contributed by atoms with E-state index in [0.29, 0.717) is 12.5 Å². The van der Waals surface area contributed by atoms with Gasteiger partial charge in [0.05, 0.1) is 6.61 Å². The molecule has 1 aliphatic carbocycles. The summed E-state index contributed by atoms with van der Waals surface area (Å²) in [6, 6.07) is 7.70. The van der Waals surface area contributed by atoms with E-state index in [1.807, 2.05) is 25.1 Å². The summed E-state index contributed by atoms with van der Waals surface area (Å²) in [6.07, 6.45) is 3.61. The van der Waals surface area contributed by atoms with E-state index in [4.69, 9.17) is 0 Å². The zero-order chi connectivity index (χ0) is 16.0. The first kappa shape index (κ1) is 14.9. The van der Waals surface area contributed by atoms with Gasteiger partial charge in [-0.05, 0) is 37.8 Å². The van der Waals surface area contributed by atoms with Crippen LogP contribution in [0.15, 0.2) is 29.1 Å². The number of aliphatic hydroxyl groups is 1. The fraction of sp³-hybridized carbons (Fsp3) is 0.526. The highest BCUT2D eigenvalue weighted by Crippen LogP contribution is 2.48. The second kappa shape index (κ2) is 5.46. The molecule has 1 aromatic heterocycles. The first-order valence-electron chi connectivity index (χ1n) is 8.55. The Balaban J connectivity index is 1.59. The van der Waals surface area contributed by atoms with Gasteiger partial charge < -0.3 is 10.1 Å². The van der Waals surface area contributed by atoms with E-state index in [-0.39, 0.29) is 10.8 Å². The lowest BCUT2D eigenvalue weighted by Gasteiger charge is -2.26. The number of nitrogens with zero attached hydrogens (tertiary/aromatic N) is 1. The second-order valence-electron chi connectivity index (χ2n) is 7.49. The number of pyridine rings is 1. The Bertz CT molecular complexity index is 798. The van der Waals surface area contributed by atoms with E-state index in [2.05, 4.69) is 9.88 Å². The summed E-state index contributed by atoms with van der Waals surface area (Å²) in [6.45, 7) is 5.04. The molecule has 0 unspecified atom stereocenters. The molecule has 2 aliphatic rings. The van der Waals surface area contributed by atoms with Gasteiger partial charge in [0.25, 0.3) is 0 Å². The fourth-order valence-electron chi connectivity index (χ4n) is 4.65. The highest BCUT2D eigenvalue weighted by Gasteiger charge is 2.48. The van der Waals surface area contributed by atoms with Crippen molar-refractivity contribution in [3.63, 3.8) is 0 Å². The molecule has 1 aliphatic heterocycles. The average molecular weight is 312 g/mol. The Morgan fingerprint density at radius 1 is 1.39 bits per heavy atom. The lowest BCUT2D eigenvalue weighted by Crippen LogP contribution is -2.31. The number of likely N-dealkylation sites (tertiary alicyclic amines) is 1. The number of benzene rings is 1. The first-order chi connectivity index (χ1) is 11.1. The number of aryl methyl sites for hydroxylation is 1. The summed E-state index contributed by atoms with van der Waals surface area (Å²) in [5, 5.41) is 10.6. The molecule has 4 heteroatoms. The van der Waals surface area contributed by atoms with Crippen molar-refractivity contribution < 1.29 is 5.11 Å². The largest absolute Gasteiger partial charge is 0.396 e. The molecule has 2 heterocycles. The Labute approximate surface area is 136 Å². The molecule has 2 fully saturated rings. The third-order valence-electron chi connectivity index (χ3n) is 5.86. The molecule has 23 heavy (non-hydrogen) atoms. The van der Waals surface area contributed by atoms with Crippen molar-refractivity contribution in [3.8, 4) is 0 Å². The summed E-state index contributed by atoms with van der Waals surface area (Å²) in [4.78, 5) is 18.2. The third kappa shape index (κ3) is 2.50. The topological polar surface area (TPSA) is 56.3 Å². The van der Waals surface area contributed by atoms with Crippen LogP contribution in [0.1, 0.15) is 30.5 Å². The van der Waals surface area contributed by atoms with Gasteiger partial charge in [0, 0.05) is 47.7 Å². The number of hydrogen-bond donors (Lipinski definition) is 2. The minimum Gasteiger partial charge on any atom is -0.396 e. The van der Waals surface area contributed by atoms with Crippen molar-refractivity contribution in [2.75, 3.05) is 19.7 Å². The van der Waals surface area contributed by atoms with Gasteiger partial charge in [-0.15, -0.1) is 0 Å². The number of nitrogens with one attached hydrogen (secondary N) is 1. The molecule has 0 radical (unpaired) electrons. The van der Waals surface area contributed by atoms with E-state index < -0.39 is 0 Å². The summed E-state index contributed by atoms with van der Waals surface area (Å²) in [5.74, 6) is 0.613. The SMILES string of the molecule is Cc1ccc2[nH]c(CN3C[C@H]4CCC[C@@]4(CO)C3)cc(=O)c2c1. The van der Waals surface area contributed by atoms with Crippen LogP contribution in [0.25, 0.3) is 10.9 Å². The van der Waals surface area contributed by atoms with Gasteiger partial charge in [-0.2, -0.15) is 0 Å². The molecule has 4 rings (SSSR count). The standard InChI is InChI=1S/C19H24N2O2/c1-13-4-5-17-16(7-13)18(23)8-15(20-17)10-21-9-14-3-2-6-19(14,11-21)12-22/h4-5,7-8,14,22H,2-3,6,9-12H2,1H3,(H,20,23)/t14-,19+/m1/s1. The van der Waals surface area contributed by atoms with Crippen molar-refractivity contribution >= 4 is 10.9 Å². The first-order valence-corrected chi connectivity index (χ1v) is 8.55. The maximum atomic E-state index is 12.4. The molecule has 1 saturated heterocycles. The summed E-state index contributed by atoms with van der Waals surface area (Å²) in [5.41, 5.74) is 3.18. The molecule has 2 N–H and O–H groups in total. The van der Waals surface area contributed by atoms with E-state index in [0.717, 1.165) is 48.2 Å². The van der Waals surface area contributed by atoms with Gasteiger partial charge in [0.1, 0.15) is 0 Å². The van der Waals surface area contributed by atoms with Crippen LogP contribution in [0.4, 0.5) is 0 Å². The third-order valence-corrected chi connectivity index (χ3v) is 5.86. The van der Waals surface area contributed by atoms with Crippen LogP contribution in [0, 0.1) is 18.3 Å². The average Bonchev–Trinajstić information content (AvgIpc) is 3.05. The Morgan fingerprint density at radius 3 is 3.04 bits per heavy atom. The molecule has 1 aromatic carbocycles. The van der Waals surface area contributed by atoms with E-state index in [1.54, 1.807) is 6.07 Å². The van der Waals surface area contributed by atoms with Gasteiger partial charge in [-0.1, -0.05) is 18.1 Å². The Kier molecular flexibility index (Phi) is 3.54. The van der Waals surface area contributed by atoms with Crippen LogP contribution in [0.2, 0.25) is 0 Å². The van der Waals surface area contributed by atoms with Gasteiger partial charge in [0.15, 0.2) is 5.43 Å². The molecular formula is C19H24N2O2. The Hall–Kier alpha value is -1.65. The lowest BCUT2D eigenvalue weighted by molar-refractivity contribution is 0.111. The number of hydrogen-bond acceptors (Lipinski definition) is 3. The quantitative estimate of drug-likeness (QED) is 0.915. The van der Waals surface area contributed by atoms with Crippen LogP contribution in [-0.2, 0) is 6.54 Å². The normalized spacial score (nSPS) is 27.7. The smallest absolute Gasteiger partial charge is 0.189 e. The Morgan fingerprint density at radius 2 is 2.26 bits per heavy atom. The predicted octanol–water partition coefficient (Wildman–Crippen LogP) is 2.43. The number of aromatic nitrogens is 1. The molecule has 0 spiro atoms. The maximum Gasteiger partial charge on any atom is 0.189 e. The van der Waals surface area contributed by atoms with Gasteiger partial charge in [-0.3, -0.25) is 9.69 Å². The fourth-order valence-corrected chi connectivity index (χ4v) is 4.65. The molecule has 122 valence electrons. The minimum absolute atomic E-state index is 0.0914. The van der Waals surface area contributed by atoms with Gasteiger partial charge >= 0.3 is 0 Å². The summed E-state index contributed by atoms with van der Waals surface area (Å²) in [7, 11) is 0. The zero-order valence-corrected chi connectivity index (χ0v) is 13.6. The van der Waals surface area contributed by atoms with E-state index in [1.165, 1.54) is 12.8 Å². The van der Waals surface area contributed by atoms with Gasteiger partial charge in [0.2, 0.25) is 0 Å². The van der Waals surface area contributed by atoms with Crippen LogP contribution in [0.5, 0.6) is 0 Å². The molecule has 1 saturated carbocycles. The summed E-state index contributed by atoms with van der Waals surface area (Å²) < 4.78 is 0. The molecule has 0 amide bonds. The zero-order valence-electron chi connectivity index (χ0n) is 13.6. The van der Waals surface area contributed by atoms with Crippen molar-refractivity contribution in [1.29, 1.82) is 0 Å². The summed E-state index contributed by atoms with van der Waals surface area (Å²) >= 11 is 0. The number of H-pyrrole nitrogens is 1. The predicted molar refractivity (Wildman–Crippen MR) is 91.4 cm³/mol. The maximum absolute atomic E-state index is 12.4. The highest BCUT2D eigenvalue weighted by molar-refractivity contribution is 5.79. The lowest BCUT2D eigenvalue weighted by atomic mass is 9.82. The van der Waals surface area contributed by atoms with E-state index >= 15 is 0 Å². The molecular weight excluding hydrogens is 288 g/mol. The molecule has 2 atom stereocenters. The van der Waals surface area contributed by atoms with Crippen LogP contribution < -0.4 is 5.43 Å². The molecule has 2 aromatic rings. The number of rotatable bonds is 3. The van der Waals surface area contributed by atoms with Crippen LogP contribution >= 0.6 is 0 Å². The van der Waals surface area contributed by atoms with E-state index in [9.17, 15) is 9.90 Å². The van der Waals surface area contributed by atoms with Crippen molar-refractivity contribution in [2.45, 2.75) is 32.7 Å². The monoisotopic (exact) mass is 312 g/mol. The molecule has 0 bridgehead atoms. The van der Waals surface area contributed by atoms with Crippen LogP contribution in [0.3, 0.4) is 0 Å². The van der Waals surface area contributed by atoms with Crippen molar-refractivity contribution in [1.82, 2.24) is 9.88 Å². The van der Waals surface area contributed by atoms with Crippen LogP contribution in [-0.4, -0.2) is 34.7 Å². The molecule has 4 nitrogen and oxygen atoms in total. The minimum atomic E-state index is 0.0914. The number of aromatic amines is 1. The van der Waals surface area contributed by atoms with Gasteiger partial charge in [-0.25, -0.2) is 0 Å².